The van der Waals surface area contributed by atoms with E-state index in [1.54, 1.807) is 42.5 Å². The van der Waals surface area contributed by atoms with Gasteiger partial charge >= 0.3 is 0 Å². The molecule has 1 heterocycles. The third kappa shape index (κ3) is 3.61. The summed E-state index contributed by atoms with van der Waals surface area (Å²) in [7, 11) is 0. The van der Waals surface area contributed by atoms with Crippen molar-refractivity contribution in [3.05, 3.63) is 99.0 Å². The zero-order chi connectivity index (χ0) is 19.7. The van der Waals surface area contributed by atoms with Gasteiger partial charge in [0.2, 0.25) is 0 Å². The third-order valence-corrected chi connectivity index (χ3v) is 5.19. The summed E-state index contributed by atoms with van der Waals surface area (Å²) in [6.45, 7) is 0. The van der Waals surface area contributed by atoms with Crippen LogP contribution in [0.2, 0.25) is 5.02 Å². The van der Waals surface area contributed by atoms with Crippen LogP contribution in [0.3, 0.4) is 0 Å². The number of hydrogen-bond donors (Lipinski definition) is 2. The first-order chi connectivity index (χ1) is 13.5. The number of carbonyl (C=O) groups is 2. The second-order valence-electron chi connectivity index (χ2n) is 6.27. The molecule has 0 spiro atoms. The molecule has 0 bridgehead atoms. The van der Waals surface area contributed by atoms with Crippen LogP contribution in [0.25, 0.3) is 0 Å². The zero-order valence-electron chi connectivity index (χ0n) is 14.5. The zero-order valence-corrected chi connectivity index (χ0v) is 16.9. The summed E-state index contributed by atoms with van der Waals surface area (Å²) in [5.41, 5.74) is 5.08. The second-order valence-corrected chi connectivity index (χ2v) is 7.62. The largest absolute Gasteiger partial charge is 0.359 e. The van der Waals surface area contributed by atoms with Crippen LogP contribution in [0.15, 0.2) is 77.3 Å². The maximum absolute atomic E-state index is 13.2. The highest BCUT2D eigenvalue weighted by molar-refractivity contribution is 9.10. The Hall–Kier alpha value is -2.83. The Morgan fingerprint density at radius 3 is 2.46 bits per heavy atom. The molecule has 140 valence electrons. The van der Waals surface area contributed by atoms with Gasteiger partial charge in [0, 0.05) is 20.7 Å². The Kier molecular flexibility index (Phi) is 5.07. The minimum Gasteiger partial charge on any atom is -0.359 e. The first-order valence-corrected chi connectivity index (χ1v) is 9.71. The van der Waals surface area contributed by atoms with Crippen LogP contribution in [-0.4, -0.2) is 16.8 Å². The standard InChI is InChI=1S/C21H15BrClN3O2/c22-15-8-6-14(7-9-15)20(27)25-26-19(13-4-2-1-3-5-13)24-18-11-10-16(23)12-17(18)21(26)28/h1-12,19,24H,(H,25,27). The number of hydrazine groups is 1. The Labute approximate surface area is 175 Å². The normalized spacial score (nSPS) is 15.6. The van der Waals surface area contributed by atoms with Crippen molar-refractivity contribution in [2.45, 2.75) is 6.17 Å². The number of anilines is 1. The fourth-order valence-electron chi connectivity index (χ4n) is 3.04. The molecule has 0 radical (unpaired) electrons. The van der Waals surface area contributed by atoms with E-state index in [1.165, 1.54) is 5.01 Å². The van der Waals surface area contributed by atoms with E-state index in [4.69, 9.17) is 11.6 Å². The molecule has 0 fully saturated rings. The average molecular weight is 457 g/mol. The molecular weight excluding hydrogens is 442 g/mol. The number of carbonyl (C=O) groups excluding carboxylic acids is 2. The Morgan fingerprint density at radius 2 is 1.75 bits per heavy atom. The lowest BCUT2D eigenvalue weighted by Crippen LogP contribution is -2.52. The molecule has 1 aliphatic rings. The van der Waals surface area contributed by atoms with Crippen LogP contribution in [0, 0.1) is 0 Å². The molecular formula is C21H15BrClN3O2. The highest BCUT2D eigenvalue weighted by Crippen LogP contribution is 2.33. The van der Waals surface area contributed by atoms with E-state index in [2.05, 4.69) is 26.7 Å². The Morgan fingerprint density at radius 1 is 1.04 bits per heavy atom. The molecule has 0 saturated carbocycles. The lowest BCUT2D eigenvalue weighted by molar-refractivity contribution is 0.0491. The highest BCUT2D eigenvalue weighted by atomic mass is 79.9. The molecule has 3 aromatic rings. The summed E-state index contributed by atoms with van der Waals surface area (Å²) in [4.78, 5) is 25.9. The third-order valence-electron chi connectivity index (χ3n) is 4.42. The fourth-order valence-corrected chi connectivity index (χ4v) is 3.47. The SMILES string of the molecule is O=C(NN1C(=O)c2cc(Cl)ccc2NC1c1ccccc1)c1ccc(Br)cc1. The maximum atomic E-state index is 13.2. The van der Waals surface area contributed by atoms with Gasteiger partial charge in [-0.15, -0.1) is 0 Å². The molecule has 2 amide bonds. The minimum atomic E-state index is -0.554. The minimum absolute atomic E-state index is 0.337. The van der Waals surface area contributed by atoms with E-state index in [1.807, 2.05) is 30.3 Å². The summed E-state index contributed by atoms with van der Waals surface area (Å²) in [6.07, 6.45) is -0.554. The van der Waals surface area contributed by atoms with Crippen molar-refractivity contribution in [1.29, 1.82) is 0 Å². The molecule has 0 aromatic heterocycles. The number of rotatable bonds is 3. The molecule has 1 aliphatic heterocycles. The highest BCUT2D eigenvalue weighted by Gasteiger charge is 2.34. The van der Waals surface area contributed by atoms with Crippen molar-refractivity contribution in [3.63, 3.8) is 0 Å². The summed E-state index contributed by atoms with van der Waals surface area (Å²) in [6, 6.07) is 21.4. The number of amides is 2. The van der Waals surface area contributed by atoms with Crippen LogP contribution in [0.1, 0.15) is 32.4 Å². The monoisotopic (exact) mass is 455 g/mol. The molecule has 4 rings (SSSR count). The molecule has 0 aliphatic carbocycles. The van der Waals surface area contributed by atoms with Crippen molar-refractivity contribution < 1.29 is 9.59 Å². The Balaban J connectivity index is 1.71. The van der Waals surface area contributed by atoms with Crippen molar-refractivity contribution >= 4 is 45.0 Å². The van der Waals surface area contributed by atoms with Gasteiger partial charge in [0.05, 0.1) is 5.56 Å². The number of halogens is 2. The van der Waals surface area contributed by atoms with E-state index >= 15 is 0 Å². The molecule has 0 saturated heterocycles. The second kappa shape index (κ2) is 7.66. The maximum Gasteiger partial charge on any atom is 0.276 e. The molecule has 28 heavy (non-hydrogen) atoms. The summed E-state index contributed by atoms with van der Waals surface area (Å²) in [5, 5.41) is 5.07. The first kappa shape index (κ1) is 18.5. The van der Waals surface area contributed by atoms with E-state index in [0.717, 1.165) is 10.0 Å². The van der Waals surface area contributed by atoms with E-state index in [-0.39, 0.29) is 11.8 Å². The van der Waals surface area contributed by atoms with Crippen LogP contribution in [0.4, 0.5) is 5.69 Å². The predicted octanol–water partition coefficient (Wildman–Crippen LogP) is 5.01. The molecule has 7 heteroatoms. The van der Waals surface area contributed by atoms with Crippen LogP contribution >= 0.6 is 27.5 Å². The van der Waals surface area contributed by atoms with E-state index < -0.39 is 6.17 Å². The lowest BCUT2D eigenvalue weighted by Gasteiger charge is -2.37. The van der Waals surface area contributed by atoms with Crippen molar-refractivity contribution in [3.8, 4) is 0 Å². The molecule has 2 N–H and O–H groups in total. The van der Waals surface area contributed by atoms with Gasteiger partial charge in [0.25, 0.3) is 11.8 Å². The quantitative estimate of drug-likeness (QED) is 0.582. The summed E-state index contributed by atoms with van der Waals surface area (Å²) in [5.74, 6) is -0.718. The van der Waals surface area contributed by atoms with Gasteiger partial charge in [0.1, 0.15) is 6.17 Å². The van der Waals surface area contributed by atoms with E-state index in [0.29, 0.717) is 21.8 Å². The van der Waals surface area contributed by atoms with Crippen molar-refractivity contribution in [2.75, 3.05) is 5.32 Å². The molecule has 1 atom stereocenters. The number of fused-ring (bicyclic) bond motifs is 1. The number of nitrogens with zero attached hydrogens (tertiary/aromatic N) is 1. The summed E-state index contributed by atoms with van der Waals surface area (Å²) >= 11 is 9.42. The van der Waals surface area contributed by atoms with Gasteiger partial charge in [-0.1, -0.05) is 57.9 Å². The topological polar surface area (TPSA) is 61.4 Å². The van der Waals surface area contributed by atoms with Crippen LogP contribution in [-0.2, 0) is 0 Å². The molecule has 5 nitrogen and oxygen atoms in total. The van der Waals surface area contributed by atoms with Gasteiger partial charge in [-0.2, -0.15) is 0 Å². The number of benzene rings is 3. The smallest absolute Gasteiger partial charge is 0.276 e. The number of hydrogen-bond acceptors (Lipinski definition) is 3. The van der Waals surface area contributed by atoms with Crippen molar-refractivity contribution in [2.24, 2.45) is 0 Å². The average Bonchev–Trinajstić information content (AvgIpc) is 2.71. The van der Waals surface area contributed by atoms with Gasteiger partial charge in [-0.25, -0.2) is 5.01 Å². The van der Waals surface area contributed by atoms with Crippen molar-refractivity contribution in [1.82, 2.24) is 10.4 Å². The van der Waals surface area contributed by atoms with Gasteiger partial charge in [-0.3, -0.25) is 15.0 Å². The van der Waals surface area contributed by atoms with Crippen LogP contribution in [0.5, 0.6) is 0 Å². The fraction of sp³-hybridized carbons (Fsp3) is 0.0476. The Bertz CT molecular complexity index is 1040. The number of nitrogens with one attached hydrogen (secondary N) is 2. The van der Waals surface area contributed by atoms with Gasteiger partial charge in [0.15, 0.2) is 0 Å². The van der Waals surface area contributed by atoms with Crippen LogP contribution < -0.4 is 10.7 Å². The van der Waals surface area contributed by atoms with E-state index in [9.17, 15) is 9.59 Å². The molecule has 1 unspecified atom stereocenters. The molecule has 3 aromatic carbocycles. The van der Waals surface area contributed by atoms with Gasteiger partial charge < -0.3 is 5.32 Å². The van der Waals surface area contributed by atoms with Gasteiger partial charge in [-0.05, 0) is 48.0 Å². The predicted molar refractivity (Wildman–Crippen MR) is 112 cm³/mol. The summed E-state index contributed by atoms with van der Waals surface area (Å²) < 4.78 is 0.866. The first-order valence-electron chi connectivity index (χ1n) is 8.54. The lowest BCUT2D eigenvalue weighted by atomic mass is 10.0.